The van der Waals surface area contributed by atoms with Gasteiger partial charge in [0.05, 0.1) is 0 Å². The van der Waals surface area contributed by atoms with E-state index in [4.69, 9.17) is 5.73 Å². The minimum Gasteiger partial charge on any atom is -0.333 e. The van der Waals surface area contributed by atoms with Gasteiger partial charge in [-0.05, 0) is 13.6 Å². The first-order valence-corrected chi connectivity index (χ1v) is 2.69. The van der Waals surface area contributed by atoms with E-state index in [0.717, 1.165) is 6.54 Å². The zero-order chi connectivity index (χ0) is 6.71. The zero-order valence-electron chi connectivity index (χ0n) is 5.86. The highest BCUT2D eigenvalue weighted by Crippen LogP contribution is 1.20. The van der Waals surface area contributed by atoms with Crippen LogP contribution in [0.2, 0.25) is 0 Å². The third kappa shape index (κ3) is 14200. The monoisotopic (exact) mass is 108 g/mol. The van der Waals surface area contributed by atoms with Gasteiger partial charge in [0.2, 0.25) is 0 Å². The third-order valence-electron chi connectivity index (χ3n) is 0. The summed E-state index contributed by atoms with van der Waals surface area (Å²) < 4.78 is 0. The van der Waals surface area contributed by atoms with Crippen molar-refractivity contribution in [3.8, 4) is 0 Å². The second kappa shape index (κ2) is 169. The maximum atomic E-state index is 4.85. The molecular formula is C5H20N2. The molecule has 0 amide bonds. The highest BCUT2D eigenvalue weighted by molar-refractivity contribution is 4.00. The van der Waals surface area contributed by atoms with Crippen molar-refractivity contribution in [2.45, 2.75) is 20.8 Å². The lowest BCUT2D eigenvalue weighted by Gasteiger charge is -1.53. The van der Waals surface area contributed by atoms with Crippen molar-refractivity contribution in [1.82, 2.24) is 0 Å². The van der Waals surface area contributed by atoms with Gasteiger partial charge in [0, 0.05) is 1.43 Å². The van der Waals surface area contributed by atoms with Crippen molar-refractivity contribution in [3.05, 3.63) is 0 Å². The molecule has 0 aliphatic rings. The van der Waals surface area contributed by atoms with Gasteiger partial charge >= 0.3 is 0 Å². The summed E-state index contributed by atoms with van der Waals surface area (Å²) in [6.07, 6.45) is 0. The highest BCUT2D eigenvalue weighted by atomic mass is 14.5. The highest BCUT2D eigenvalue weighted by Gasteiger charge is 1.32. The maximum absolute atomic E-state index is 4.85. The first kappa shape index (κ1) is 15.8. The Morgan fingerprint density at radius 2 is 1.29 bits per heavy atom. The molecule has 0 heterocycles. The molecule has 0 radical (unpaired) electrons. The molecule has 2 heteroatoms. The fraction of sp³-hybridized carbons (Fsp3) is 1.00. The van der Waals surface area contributed by atoms with Crippen molar-refractivity contribution < 1.29 is 1.43 Å². The molecule has 0 bridgehead atoms. The molecule has 0 atom stereocenters. The smallest absolute Gasteiger partial charge is 0 e. The van der Waals surface area contributed by atoms with Crippen LogP contribution in [0.5, 0.6) is 0 Å². The van der Waals surface area contributed by atoms with E-state index < -0.39 is 0 Å². The van der Waals surface area contributed by atoms with E-state index in [0.29, 0.717) is 0 Å². The summed E-state index contributed by atoms with van der Waals surface area (Å²) >= 11 is 0. The standard InChI is InChI=1S/C2H7N.C2H6.CH5N.H2/c1-2-3;2*1-2;/h2-3H2,1H3;1-2H3;2H2,1H3;1H. The summed E-state index contributed by atoms with van der Waals surface area (Å²) in [5.74, 6) is 0. The van der Waals surface area contributed by atoms with Gasteiger partial charge in [0.15, 0.2) is 0 Å². The van der Waals surface area contributed by atoms with Crippen LogP contribution in [-0.4, -0.2) is 13.6 Å². The average Bonchev–Trinajstić information content (AvgIpc) is 1.78. The molecule has 0 unspecified atom stereocenters. The number of rotatable bonds is 0. The minimum atomic E-state index is 0. The van der Waals surface area contributed by atoms with Crippen molar-refractivity contribution >= 4 is 0 Å². The molecule has 7 heavy (non-hydrogen) atoms. The van der Waals surface area contributed by atoms with Crippen molar-refractivity contribution in [3.63, 3.8) is 0 Å². The van der Waals surface area contributed by atoms with Crippen LogP contribution in [0, 0.1) is 0 Å². The van der Waals surface area contributed by atoms with Crippen LogP contribution in [0.25, 0.3) is 0 Å². The van der Waals surface area contributed by atoms with E-state index in [-0.39, 0.29) is 1.43 Å². The van der Waals surface area contributed by atoms with Gasteiger partial charge in [-0.25, -0.2) is 0 Å². The normalized spacial score (nSPS) is 4.29. The predicted octanol–water partition coefficient (Wildman–Crippen LogP) is 0.812. The Morgan fingerprint density at radius 3 is 1.29 bits per heavy atom. The van der Waals surface area contributed by atoms with Crippen LogP contribution in [0.1, 0.15) is 22.2 Å². The van der Waals surface area contributed by atoms with Crippen molar-refractivity contribution in [2.24, 2.45) is 11.5 Å². The second-order valence-corrected chi connectivity index (χ2v) is 0.408. The average molecular weight is 108 g/mol. The molecule has 0 saturated carbocycles. The molecule has 0 aromatic heterocycles. The van der Waals surface area contributed by atoms with Gasteiger partial charge in [0.1, 0.15) is 0 Å². The fourth-order valence-electron chi connectivity index (χ4n) is 0. The van der Waals surface area contributed by atoms with E-state index >= 15 is 0 Å². The molecule has 0 aromatic rings. The zero-order valence-corrected chi connectivity index (χ0v) is 5.86. The lowest BCUT2D eigenvalue weighted by molar-refractivity contribution is 1.14. The summed E-state index contributed by atoms with van der Waals surface area (Å²) in [5, 5.41) is 0. The molecule has 4 N–H and O–H groups in total. The van der Waals surface area contributed by atoms with Gasteiger partial charge in [0.25, 0.3) is 0 Å². The Morgan fingerprint density at radius 1 is 1.29 bits per heavy atom. The van der Waals surface area contributed by atoms with Crippen LogP contribution in [-0.2, 0) is 0 Å². The van der Waals surface area contributed by atoms with Crippen LogP contribution in [0.4, 0.5) is 0 Å². The molecule has 50 valence electrons. The Hall–Kier alpha value is -0.0800. The molecule has 0 fully saturated rings. The first-order chi connectivity index (χ1) is 3.41. The lowest BCUT2D eigenvalue weighted by atomic mass is 10.8. The summed E-state index contributed by atoms with van der Waals surface area (Å²) in [6, 6.07) is 0. The second-order valence-electron chi connectivity index (χ2n) is 0.408. The lowest BCUT2D eigenvalue weighted by Crippen LogP contribution is -1.87. The molecule has 0 aromatic carbocycles. The Bertz CT molecular complexity index is 10.4. The van der Waals surface area contributed by atoms with Crippen LogP contribution >= 0.6 is 0 Å². The van der Waals surface area contributed by atoms with E-state index in [1.165, 1.54) is 7.05 Å². The van der Waals surface area contributed by atoms with Crippen molar-refractivity contribution in [1.29, 1.82) is 0 Å². The largest absolute Gasteiger partial charge is 0.333 e. The maximum Gasteiger partial charge on any atom is 0 e. The molecule has 0 spiro atoms. The summed E-state index contributed by atoms with van der Waals surface area (Å²) in [5.41, 5.74) is 9.35. The third-order valence-corrected chi connectivity index (χ3v) is 0. The van der Waals surface area contributed by atoms with Gasteiger partial charge < -0.3 is 11.5 Å². The SMILES string of the molecule is CC.CCN.CN.[HH]. The summed E-state index contributed by atoms with van der Waals surface area (Å²) in [7, 11) is 1.50. The Labute approximate surface area is 48.4 Å². The predicted molar refractivity (Wildman–Crippen MR) is 38.3 cm³/mol. The van der Waals surface area contributed by atoms with Gasteiger partial charge in [-0.3, -0.25) is 0 Å². The van der Waals surface area contributed by atoms with Gasteiger partial charge in [-0.15, -0.1) is 0 Å². The van der Waals surface area contributed by atoms with E-state index in [1.807, 2.05) is 20.8 Å². The number of nitrogens with two attached hydrogens (primary N) is 2. The molecular weight excluding hydrogens is 88.1 g/mol. The van der Waals surface area contributed by atoms with Gasteiger partial charge in [-0.2, -0.15) is 0 Å². The summed E-state index contributed by atoms with van der Waals surface area (Å²) in [4.78, 5) is 0. The van der Waals surface area contributed by atoms with E-state index in [9.17, 15) is 0 Å². The summed E-state index contributed by atoms with van der Waals surface area (Å²) in [6.45, 7) is 6.65. The Kier molecular flexibility index (Phi) is 382. The Balaban J connectivity index is -0.0000000147. The van der Waals surface area contributed by atoms with E-state index in [1.54, 1.807) is 0 Å². The quantitative estimate of drug-likeness (QED) is 0.482. The number of hydrogen-bond donors (Lipinski definition) is 2. The molecule has 0 aliphatic carbocycles. The molecule has 0 aliphatic heterocycles. The molecule has 0 saturated heterocycles. The molecule has 2 nitrogen and oxygen atoms in total. The number of hydrogen-bond acceptors (Lipinski definition) is 2. The first-order valence-electron chi connectivity index (χ1n) is 2.69. The van der Waals surface area contributed by atoms with Crippen LogP contribution in [0.3, 0.4) is 0 Å². The van der Waals surface area contributed by atoms with Crippen molar-refractivity contribution in [2.75, 3.05) is 13.6 Å². The fourth-order valence-corrected chi connectivity index (χ4v) is 0. The molecule has 0 rings (SSSR count). The van der Waals surface area contributed by atoms with Gasteiger partial charge in [-0.1, -0.05) is 20.8 Å². The minimum absolute atomic E-state index is 0. The van der Waals surface area contributed by atoms with Crippen LogP contribution < -0.4 is 11.5 Å². The van der Waals surface area contributed by atoms with E-state index in [2.05, 4.69) is 5.73 Å². The topological polar surface area (TPSA) is 52.0 Å². The van der Waals surface area contributed by atoms with Crippen LogP contribution in [0.15, 0.2) is 0 Å².